The SMILES string of the molecule is C=Cc1c(/C=C\C(C)C)[nH]c2cc(C3=CNC(OCC(=O)NCC(C)(C)COCC(C)(C)CNC(=O)COc4cccc(C(C)=O)c4C(C)=O)C=C3)ccc12.CCC1CCC(=O)NC1=O. The molecule has 2 atom stereocenters. The van der Waals surface area contributed by atoms with Crippen molar-refractivity contribution in [2.45, 2.75) is 87.8 Å². The molecule has 4 amide bonds. The van der Waals surface area contributed by atoms with Gasteiger partial charge < -0.3 is 35.1 Å². The number of Topliss-reactive ketones (excluding diaryl/α,β-unsaturated/α-hetero) is 2. The summed E-state index contributed by atoms with van der Waals surface area (Å²) >= 11 is 0. The number of amides is 4. The minimum absolute atomic E-state index is 0.0673. The van der Waals surface area contributed by atoms with E-state index >= 15 is 0 Å². The first-order chi connectivity index (χ1) is 30.7. The van der Waals surface area contributed by atoms with Crippen LogP contribution in [0.2, 0.25) is 0 Å². The zero-order valence-electron chi connectivity index (χ0n) is 39.4. The Balaban J connectivity index is 0.000000814. The Hall–Kier alpha value is -6.12. The van der Waals surface area contributed by atoms with Crippen molar-refractivity contribution < 1.29 is 43.0 Å². The molecule has 3 aromatic rings. The maximum Gasteiger partial charge on any atom is 0.257 e. The normalized spacial score (nSPS) is 16.3. The van der Waals surface area contributed by atoms with Gasteiger partial charge in [0.05, 0.1) is 18.8 Å². The van der Waals surface area contributed by atoms with Crippen LogP contribution in [0.15, 0.2) is 67.4 Å². The van der Waals surface area contributed by atoms with E-state index in [1.54, 1.807) is 18.2 Å². The number of piperidine rings is 1. The van der Waals surface area contributed by atoms with Gasteiger partial charge in [0.2, 0.25) is 17.7 Å². The molecule has 0 saturated carbocycles. The monoisotopic (exact) mass is 893 g/mol. The van der Waals surface area contributed by atoms with Crippen molar-refractivity contribution in [1.82, 2.24) is 26.3 Å². The Morgan fingerprint density at radius 2 is 1.62 bits per heavy atom. The quantitative estimate of drug-likeness (QED) is 0.0527. The number of aromatic nitrogens is 1. The number of ether oxygens (including phenoxy) is 3. The Labute approximate surface area is 383 Å². The van der Waals surface area contributed by atoms with Gasteiger partial charge in [-0.3, -0.25) is 34.1 Å². The van der Waals surface area contributed by atoms with Crippen LogP contribution in [-0.4, -0.2) is 85.9 Å². The molecule has 65 heavy (non-hydrogen) atoms. The minimum atomic E-state index is -0.439. The van der Waals surface area contributed by atoms with Gasteiger partial charge in [0.25, 0.3) is 5.91 Å². The molecule has 1 saturated heterocycles. The van der Waals surface area contributed by atoms with E-state index < -0.39 is 11.6 Å². The van der Waals surface area contributed by atoms with Gasteiger partial charge in [0.15, 0.2) is 18.2 Å². The molecule has 2 unspecified atom stereocenters. The molecule has 2 aliphatic rings. The van der Waals surface area contributed by atoms with Crippen molar-refractivity contribution in [2.75, 3.05) is 39.5 Å². The largest absolute Gasteiger partial charge is 0.483 e. The summed E-state index contributed by atoms with van der Waals surface area (Å²) in [7, 11) is 0. The molecular weight excluding hydrogens is 827 g/mol. The molecule has 2 aromatic carbocycles. The maximum absolute atomic E-state index is 12.7. The van der Waals surface area contributed by atoms with Crippen molar-refractivity contribution in [3.05, 3.63) is 95.4 Å². The number of aromatic amines is 1. The Kier molecular flexibility index (Phi) is 18.8. The molecule has 2 aliphatic heterocycles. The lowest BCUT2D eigenvalue weighted by Crippen LogP contribution is -2.42. The number of carbonyl (C=O) groups is 6. The average molecular weight is 894 g/mol. The first kappa shape index (κ1) is 51.5. The summed E-state index contributed by atoms with van der Waals surface area (Å²) in [6.07, 6.45) is 13.5. The number of dihydropyridines is 1. The lowest BCUT2D eigenvalue weighted by atomic mass is 9.93. The zero-order valence-corrected chi connectivity index (χ0v) is 39.4. The van der Waals surface area contributed by atoms with Gasteiger partial charge in [-0.1, -0.05) is 97.5 Å². The standard InChI is InChI=1S/C44H56N4O7.C7H11NO2/c1-10-33-35-17-15-31(20-37(35)48-36(33)18-14-28(2)3)32-16-19-41(45-21-32)55-23-40(52)47-25-44(8,9)27-53-26-43(6,7)24-46-39(51)22-54-38-13-11-12-34(29(4)49)42(38)30(5)50;1-2-5-3-4-6(9)8-7(5)10/h10-21,28,41,45,48H,1,22-27H2,2-9H3,(H,46,51)(H,47,52);5H,2-4H2,1H3,(H,8,9,10)/b18-14-;. The number of imide groups is 1. The Bertz CT molecular complexity index is 2320. The number of rotatable bonds is 21. The molecule has 3 heterocycles. The smallest absolute Gasteiger partial charge is 0.257 e. The third-order valence-corrected chi connectivity index (χ3v) is 10.8. The molecule has 0 radical (unpaired) electrons. The summed E-state index contributed by atoms with van der Waals surface area (Å²) in [5.74, 6) is -0.684. The lowest BCUT2D eigenvalue weighted by molar-refractivity contribution is -0.136. The first-order valence-electron chi connectivity index (χ1n) is 22.2. The molecule has 14 nitrogen and oxygen atoms in total. The van der Waals surface area contributed by atoms with Crippen molar-refractivity contribution in [2.24, 2.45) is 22.7 Å². The van der Waals surface area contributed by atoms with Gasteiger partial charge >= 0.3 is 0 Å². The number of H-pyrrole nitrogens is 1. The Morgan fingerprint density at radius 3 is 2.18 bits per heavy atom. The number of nitrogens with one attached hydrogen (secondary N) is 5. The van der Waals surface area contributed by atoms with Crippen LogP contribution in [0.25, 0.3) is 28.6 Å². The molecule has 0 spiro atoms. The number of hydrogen-bond donors (Lipinski definition) is 5. The van der Waals surface area contributed by atoms with Gasteiger partial charge in [0, 0.05) is 70.2 Å². The summed E-state index contributed by atoms with van der Waals surface area (Å²) in [4.78, 5) is 74.3. The van der Waals surface area contributed by atoms with E-state index in [0.29, 0.717) is 38.6 Å². The second-order valence-corrected chi connectivity index (χ2v) is 18.4. The molecule has 1 aromatic heterocycles. The number of allylic oxidation sites excluding steroid dienone is 3. The van der Waals surface area contributed by atoms with Gasteiger partial charge in [-0.25, -0.2) is 0 Å². The summed E-state index contributed by atoms with van der Waals surface area (Å²) in [5.41, 5.74) is 4.88. The van der Waals surface area contributed by atoms with Crippen LogP contribution in [0.4, 0.5) is 0 Å². The van der Waals surface area contributed by atoms with Crippen LogP contribution < -0.4 is 26.0 Å². The van der Waals surface area contributed by atoms with Crippen LogP contribution in [0.1, 0.15) is 119 Å². The number of carbonyl (C=O) groups excluding carboxylic acids is 6. The topological polar surface area (TPSA) is 194 Å². The molecule has 1 fully saturated rings. The van der Waals surface area contributed by atoms with Crippen molar-refractivity contribution in [1.29, 1.82) is 0 Å². The van der Waals surface area contributed by atoms with E-state index in [1.165, 1.54) is 13.8 Å². The highest BCUT2D eigenvalue weighted by atomic mass is 16.5. The summed E-state index contributed by atoms with van der Waals surface area (Å²) in [6, 6.07) is 11.1. The second-order valence-electron chi connectivity index (χ2n) is 18.4. The van der Waals surface area contributed by atoms with E-state index in [9.17, 15) is 28.8 Å². The number of benzene rings is 2. The van der Waals surface area contributed by atoms with Gasteiger partial charge in [-0.2, -0.15) is 0 Å². The number of hydrogen-bond acceptors (Lipinski definition) is 10. The van der Waals surface area contributed by atoms with Gasteiger partial charge in [-0.05, 0) is 68.0 Å². The predicted octanol–water partition coefficient (Wildman–Crippen LogP) is 7.56. The van der Waals surface area contributed by atoms with E-state index in [2.05, 4.69) is 77.0 Å². The molecule has 5 rings (SSSR count). The third kappa shape index (κ3) is 15.8. The molecule has 350 valence electrons. The van der Waals surface area contributed by atoms with E-state index in [-0.39, 0.29) is 76.6 Å². The fourth-order valence-corrected chi connectivity index (χ4v) is 7.04. The van der Waals surface area contributed by atoms with Crippen LogP contribution in [0.3, 0.4) is 0 Å². The lowest BCUT2D eigenvalue weighted by Gasteiger charge is -2.29. The molecule has 0 aliphatic carbocycles. The van der Waals surface area contributed by atoms with E-state index in [4.69, 9.17) is 14.2 Å². The first-order valence-corrected chi connectivity index (χ1v) is 22.2. The van der Waals surface area contributed by atoms with Crippen LogP contribution >= 0.6 is 0 Å². The van der Waals surface area contributed by atoms with Crippen LogP contribution in [0, 0.1) is 22.7 Å². The highest BCUT2D eigenvalue weighted by Crippen LogP contribution is 2.29. The molecular formula is C51H67N5O9. The van der Waals surface area contributed by atoms with Crippen molar-refractivity contribution in [3.63, 3.8) is 0 Å². The van der Waals surface area contributed by atoms with E-state index in [1.807, 2.05) is 59.0 Å². The van der Waals surface area contributed by atoms with Crippen molar-refractivity contribution in [3.8, 4) is 5.75 Å². The number of ketones is 2. The van der Waals surface area contributed by atoms with Crippen LogP contribution in [0.5, 0.6) is 5.75 Å². The predicted molar refractivity (Wildman–Crippen MR) is 255 cm³/mol. The summed E-state index contributed by atoms with van der Waals surface area (Å²) in [6.45, 7) is 22.0. The zero-order chi connectivity index (χ0) is 47.9. The van der Waals surface area contributed by atoms with Gasteiger partial charge in [0.1, 0.15) is 18.6 Å². The fraction of sp³-hybridized carbons (Fsp3) is 0.451. The molecule has 5 N–H and O–H groups in total. The van der Waals surface area contributed by atoms with Crippen molar-refractivity contribution >= 4 is 63.8 Å². The highest BCUT2D eigenvalue weighted by Gasteiger charge is 2.26. The fourth-order valence-electron chi connectivity index (χ4n) is 7.04. The third-order valence-electron chi connectivity index (χ3n) is 10.8. The minimum Gasteiger partial charge on any atom is -0.483 e. The van der Waals surface area contributed by atoms with Crippen LogP contribution in [-0.2, 0) is 28.7 Å². The summed E-state index contributed by atoms with van der Waals surface area (Å²) < 4.78 is 17.4. The summed E-state index contributed by atoms with van der Waals surface area (Å²) in [5, 5.41) is 12.4. The molecule has 14 heteroatoms. The van der Waals surface area contributed by atoms with Gasteiger partial charge in [-0.15, -0.1) is 0 Å². The second kappa shape index (κ2) is 23.7. The molecule has 0 bridgehead atoms. The highest BCUT2D eigenvalue weighted by molar-refractivity contribution is 6.09. The Morgan fingerprint density at radius 1 is 0.938 bits per heavy atom. The number of fused-ring (bicyclic) bond motifs is 1. The maximum atomic E-state index is 12.7. The average Bonchev–Trinajstić information content (AvgIpc) is 3.62. The van der Waals surface area contributed by atoms with E-state index in [0.717, 1.165) is 46.1 Å².